The van der Waals surface area contributed by atoms with E-state index in [-0.39, 0.29) is 5.91 Å². The zero-order valence-electron chi connectivity index (χ0n) is 8.60. The van der Waals surface area contributed by atoms with Gasteiger partial charge in [0.25, 0.3) is 5.91 Å². The molecular formula is C11H12N4O. The third-order valence-electron chi connectivity index (χ3n) is 2.15. The van der Waals surface area contributed by atoms with Gasteiger partial charge < -0.3 is 16.0 Å². The molecule has 0 aromatic carbocycles. The summed E-state index contributed by atoms with van der Waals surface area (Å²) < 4.78 is 0. The van der Waals surface area contributed by atoms with Crippen LogP contribution in [0.1, 0.15) is 16.1 Å². The first-order chi connectivity index (χ1) is 7.79. The van der Waals surface area contributed by atoms with Crippen molar-refractivity contribution in [2.75, 3.05) is 5.32 Å². The zero-order chi connectivity index (χ0) is 11.4. The summed E-state index contributed by atoms with van der Waals surface area (Å²) in [6.45, 7) is 0.423. The Hall–Kier alpha value is -2.14. The van der Waals surface area contributed by atoms with Crippen molar-refractivity contribution >= 4 is 11.6 Å². The SMILES string of the molecule is NCc1ccc(C(=O)Nc2cc[nH]c2)nc1. The Morgan fingerprint density at radius 1 is 1.44 bits per heavy atom. The van der Waals surface area contributed by atoms with Crippen molar-refractivity contribution in [3.05, 3.63) is 48.0 Å². The van der Waals surface area contributed by atoms with E-state index in [1.165, 1.54) is 0 Å². The van der Waals surface area contributed by atoms with Crippen molar-refractivity contribution in [3.63, 3.8) is 0 Å². The van der Waals surface area contributed by atoms with Gasteiger partial charge in [0.05, 0.1) is 5.69 Å². The minimum Gasteiger partial charge on any atom is -0.366 e. The van der Waals surface area contributed by atoms with Crippen molar-refractivity contribution in [1.29, 1.82) is 0 Å². The molecule has 0 atom stereocenters. The molecule has 0 radical (unpaired) electrons. The second-order valence-corrected chi connectivity index (χ2v) is 3.31. The van der Waals surface area contributed by atoms with Crippen LogP contribution in [0, 0.1) is 0 Å². The molecule has 82 valence electrons. The number of amides is 1. The number of nitrogens with zero attached hydrogens (tertiary/aromatic N) is 1. The smallest absolute Gasteiger partial charge is 0.274 e. The highest BCUT2D eigenvalue weighted by molar-refractivity contribution is 6.02. The summed E-state index contributed by atoms with van der Waals surface area (Å²) in [4.78, 5) is 18.6. The molecule has 5 nitrogen and oxygen atoms in total. The first-order valence-electron chi connectivity index (χ1n) is 4.89. The molecule has 0 saturated carbocycles. The number of carbonyl (C=O) groups is 1. The number of nitrogens with one attached hydrogen (secondary N) is 2. The van der Waals surface area contributed by atoms with Gasteiger partial charge in [0.2, 0.25) is 0 Å². The Bertz CT molecular complexity index is 461. The molecule has 0 bridgehead atoms. The standard InChI is InChI=1S/C11H12N4O/c12-5-8-1-2-10(14-6-8)11(16)15-9-3-4-13-7-9/h1-4,6-7,13H,5,12H2,(H,15,16). The third-order valence-corrected chi connectivity index (χ3v) is 2.15. The molecule has 0 saturated heterocycles. The number of nitrogens with two attached hydrogens (primary N) is 1. The predicted octanol–water partition coefficient (Wildman–Crippen LogP) is 1.12. The number of pyridine rings is 1. The van der Waals surface area contributed by atoms with Gasteiger partial charge in [-0.3, -0.25) is 9.78 Å². The van der Waals surface area contributed by atoms with Gasteiger partial charge in [-0.2, -0.15) is 0 Å². The number of hydrogen-bond acceptors (Lipinski definition) is 3. The Balaban J connectivity index is 2.09. The lowest BCUT2D eigenvalue weighted by atomic mass is 10.2. The second kappa shape index (κ2) is 4.59. The van der Waals surface area contributed by atoms with E-state index in [0.717, 1.165) is 11.3 Å². The maximum Gasteiger partial charge on any atom is 0.274 e. The molecule has 2 aromatic rings. The number of aromatic nitrogens is 2. The monoisotopic (exact) mass is 216 g/mol. The van der Waals surface area contributed by atoms with Gasteiger partial charge in [0.15, 0.2) is 0 Å². The first kappa shape index (κ1) is 10.4. The van der Waals surface area contributed by atoms with E-state index in [4.69, 9.17) is 5.73 Å². The number of aromatic amines is 1. The molecule has 4 N–H and O–H groups in total. The van der Waals surface area contributed by atoms with E-state index >= 15 is 0 Å². The van der Waals surface area contributed by atoms with Gasteiger partial charge in [-0.05, 0) is 17.7 Å². The quantitative estimate of drug-likeness (QED) is 0.718. The van der Waals surface area contributed by atoms with E-state index < -0.39 is 0 Å². The number of rotatable bonds is 3. The lowest BCUT2D eigenvalue weighted by molar-refractivity contribution is 0.102. The third kappa shape index (κ3) is 2.26. The van der Waals surface area contributed by atoms with E-state index in [1.807, 2.05) is 0 Å². The van der Waals surface area contributed by atoms with Crippen LogP contribution in [-0.4, -0.2) is 15.9 Å². The Kier molecular flexibility index (Phi) is 2.98. The average Bonchev–Trinajstić information content (AvgIpc) is 2.82. The lowest BCUT2D eigenvalue weighted by Gasteiger charge is -2.02. The summed E-state index contributed by atoms with van der Waals surface area (Å²) in [5, 5.41) is 2.71. The van der Waals surface area contributed by atoms with Crippen LogP contribution in [-0.2, 0) is 6.54 Å². The fraction of sp³-hybridized carbons (Fsp3) is 0.0909. The van der Waals surface area contributed by atoms with Gasteiger partial charge in [-0.15, -0.1) is 0 Å². The van der Waals surface area contributed by atoms with Crippen LogP contribution >= 0.6 is 0 Å². The van der Waals surface area contributed by atoms with Crippen LogP contribution in [0.2, 0.25) is 0 Å². The van der Waals surface area contributed by atoms with Crippen molar-refractivity contribution in [3.8, 4) is 0 Å². The normalized spacial score (nSPS) is 10.1. The minimum absolute atomic E-state index is 0.233. The fourth-order valence-electron chi connectivity index (χ4n) is 1.28. The highest BCUT2D eigenvalue weighted by Crippen LogP contribution is 2.06. The molecule has 2 rings (SSSR count). The summed E-state index contributed by atoms with van der Waals surface area (Å²) >= 11 is 0. The first-order valence-corrected chi connectivity index (χ1v) is 4.89. The van der Waals surface area contributed by atoms with Gasteiger partial charge in [-0.1, -0.05) is 6.07 Å². The van der Waals surface area contributed by atoms with Crippen molar-refractivity contribution in [1.82, 2.24) is 9.97 Å². The Morgan fingerprint density at radius 3 is 2.88 bits per heavy atom. The highest BCUT2D eigenvalue weighted by atomic mass is 16.1. The Morgan fingerprint density at radius 2 is 2.31 bits per heavy atom. The van der Waals surface area contributed by atoms with Crippen LogP contribution in [0.5, 0.6) is 0 Å². The van der Waals surface area contributed by atoms with E-state index in [2.05, 4.69) is 15.3 Å². The molecule has 2 aromatic heterocycles. The molecule has 2 heterocycles. The average molecular weight is 216 g/mol. The zero-order valence-corrected chi connectivity index (χ0v) is 8.60. The molecule has 0 aliphatic rings. The molecule has 0 aliphatic carbocycles. The molecule has 0 unspecified atom stereocenters. The molecule has 5 heteroatoms. The highest BCUT2D eigenvalue weighted by Gasteiger charge is 2.07. The molecule has 1 amide bonds. The number of hydrogen-bond donors (Lipinski definition) is 3. The summed E-state index contributed by atoms with van der Waals surface area (Å²) in [5.74, 6) is -0.233. The number of H-pyrrole nitrogens is 1. The van der Waals surface area contributed by atoms with E-state index in [1.54, 1.807) is 36.8 Å². The summed E-state index contributed by atoms with van der Waals surface area (Å²) in [6, 6.07) is 5.22. The maximum absolute atomic E-state index is 11.7. The van der Waals surface area contributed by atoms with Crippen LogP contribution in [0.15, 0.2) is 36.8 Å². The van der Waals surface area contributed by atoms with E-state index in [0.29, 0.717) is 12.2 Å². The number of anilines is 1. The maximum atomic E-state index is 11.7. The minimum atomic E-state index is -0.233. The van der Waals surface area contributed by atoms with Gasteiger partial charge in [0.1, 0.15) is 5.69 Å². The van der Waals surface area contributed by atoms with E-state index in [9.17, 15) is 4.79 Å². The van der Waals surface area contributed by atoms with Crippen LogP contribution in [0.3, 0.4) is 0 Å². The van der Waals surface area contributed by atoms with Crippen LogP contribution in [0.25, 0.3) is 0 Å². The molecule has 16 heavy (non-hydrogen) atoms. The van der Waals surface area contributed by atoms with Gasteiger partial charge >= 0.3 is 0 Å². The van der Waals surface area contributed by atoms with Gasteiger partial charge in [0, 0.05) is 25.1 Å². The molecule has 0 fully saturated rings. The van der Waals surface area contributed by atoms with Crippen LogP contribution < -0.4 is 11.1 Å². The molecule has 0 spiro atoms. The topological polar surface area (TPSA) is 83.8 Å². The lowest BCUT2D eigenvalue weighted by Crippen LogP contribution is -2.13. The number of carbonyl (C=O) groups excluding carboxylic acids is 1. The van der Waals surface area contributed by atoms with Crippen molar-refractivity contribution < 1.29 is 4.79 Å². The summed E-state index contributed by atoms with van der Waals surface area (Å²) in [5.41, 5.74) is 7.43. The van der Waals surface area contributed by atoms with Crippen molar-refractivity contribution in [2.24, 2.45) is 5.73 Å². The molecular weight excluding hydrogens is 204 g/mol. The summed E-state index contributed by atoms with van der Waals surface area (Å²) in [7, 11) is 0. The van der Waals surface area contributed by atoms with Gasteiger partial charge in [-0.25, -0.2) is 0 Å². The molecule has 0 aliphatic heterocycles. The second-order valence-electron chi connectivity index (χ2n) is 3.31. The van der Waals surface area contributed by atoms with Crippen LogP contribution in [0.4, 0.5) is 5.69 Å². The Labute approximate surface area is 92.7 Å². The predicted molar refractivity (Wildman–Crippen MR) is 60.9 cm³/mol. The fourth-order valence-corrected chi connectivity index (χ4v) is 1.28. The summed E-state index contributed by atoms with van der Waals surface area (Å²) in [6.07, 6.45) is 5.04. The van der Waals surface area contributed by atoms with Crippen molar-refractivity contribution in [2.45, 2.75) is 6.54 Å². The largest absolute Gasteiger partial charge is 0.366 e.